The van der Waals surface area contributed by atoms with Crippen molar-refractivity contribution in [1.82, 2.24) is 9.88 Å². The summed E-state index contributed by atoms with van der Waals surface area (Å²) in [5.74, 6) is -0.0196. The lowest BCUT2D eigenvalue weighted by molar-refractivity contribution is 0.258. The van der Waals surface area contributed by atoms with Gasteiger partial charge in [0.25, 0.3) is 0 Å². The molecule has 0 spiro atoms. The number of ether oxygens (including phenoxy) is 1. The number of fused-ring (bicyclic) bond motifs is 1. The van der Waals surface area contributed by atoms with Crippen molar-refractivity contribution in [2.75, 3.05) is 6.54 Å². The third kappa shape index (κ3) is 4.74. The Bertz CT molecular complexity index is 1190. The van der Waals surface area contributed by atoms with Crippen molar-refractivity contribution < 1.29 is 9.13 Å². The molecule has 5 rings (SSSR count). The Kier molecular flexibility index (Phi) is 6.28. The maximum atomic E-state index is 15.0. The third-order valence-corrected chi connectivity index (χ3v) is 6.71. The zero-order valence-electron chi connectivity index (χ0n) is 17.9. The molecule has 0 radical (unpaired) electrons. The molecule has 1 aromatic heterocycles. The molecule has 1 aliphatic carbocycles. The zero-order valence-corrected chi connectivity index (χ0v) is 19.4. The summed E-state index contributed by atoms with van der Waals surface area (Å²) in [5, 5.41) is 0.836. The van der Waals surface area contributed by atoms with Gasteiger partial charge < -0.3 is 9.72 Å². The van der Waals surface area contributed by atoms with Gasteiger partial charge in [0.1, 0.15) is 6.61 Å². The lowest BCUT2D eigenvalue weighted by Crippen LogP contribution is -2.27. The first-order valence-electron chi connectivity index (χ1n) is 11.1. The molecule has 1 heterocycles. The van der Waals surface area contributed by atoms with E-state index in [4.69, 9.17) is 4.74 Å². The van der Waals surface area contributed by atoms with E-state index in [1.807, 2.05) is 36.5 Å². The van der Waals surface area contributed by atoms with Gasteiger partial charge in [0.05, 0.1) is 5.52 Å². The molecule has 0 unspecified atom stereocenters. The molecule has 32 heavy (non-hydrogen) atoms. The molecule has 0 amide bonds. The van der Waals surface area contributed by atoms with Crippen LogP contribution < -0.4 is 4.74 Å². The molecule has 0 saturated heterocycles. The van der Waals surface area contributed by atoms with E-state index in [1.54, 1.807) is 0 Å². The smallest absolute Gasteiger partial charge is 0.167 e. The molecule has 0 aliphatic heterocycles. The molecule has 1 fully saturated rings. The molecule has 0 atom stereocenters. The van der Waals surface area contributed by atoms with Crippen molar-refractivity contribution in [3.63, 3.8) is 0 Å². The Morgan fingerprint density at radius 1 is 1.00 bits per heavy atom. The summed E-state index contributed by atoms with van der Waals surface area (Å²) in [6.45, 7) is 2.21. The summed E-state index contributed by atoms with van der Waals surface area (Å²) in [7, 11) is 0. The van der Waals surface area contributed by atoms with E-state index in [0.717, 1.165) is 41.5 Å². The fourth-order valence-corrected chi connectivity index (χ4v) is 4.77. The van der Waals surface area contributed by atoms with Crippen LogP contribution in [0.5, 0.6) is 5.75 Å². The van der Waals surface area contributed by atoms with Crippen LogP contribution in [0.15, 0.2) is 77.4 Å². The van der Waals surface area contributed by atoms with Gasteiger partial charge in [-0.15, -0.1) is 0 Å². The molecule has 1 N–H and O–H groups in total. The highest BCUT2D eigenvalue weighted by atomic mass is 79.9. The van der Waals surface area contributed by atoms with Gasteiger partial charge >= 0.3 is 0 Å². The molecule has 0 bridgehead atoms. The van der Waals surface area contributed by atoms with Crippen LogP contribution in [-0.4, -0.2) is 22.5 Å². The van der Waals surface area contributed by atoms with Crippen molar-refractivity contribution in [1.29, 1.82) is 0 Å². The number of aromatic amines is 1. The minimum Gasteiger partial charge on any atom is -0.485 e. The number of rotatable bonds is 9. The average molecular weight is 493 g/mol. The Hall–Kier alpha value is -2.63. The zero-order chi connectivity index (χ0) is 21.9. The van der Waals surface area contributed by atoms with Crippen molar-refractivity contribution in [2.45, 2.75) is 38.5 Å². The highest BCUT2D eigenvalue weighted by Crippen LogP contribution is 2.37. The van der Waals surface area contributed by atoms with Crippen molar-refractivity contribution >= 4 is 26.8 Å². The van der Waals surface area contributed by atoms with Gasteiger partial charge in [-0.2, -0.15) is 0 Å². The highest BCUT2D eigenvalue weighted by Gasteiger charge is 2.29. The highest BCUT2D eigenvalue weighted by molar-refractivity contribution is 9.10. The van der Waals surface area contributed by atoms with E-state index in [2.05, 4.69) is 56.1 Å². The van der Waals surface area contributed by atoms with Crippen LogP contribution >= 0.6 is 15.9 Å². The lowest BCUT2D eigenvalue weighted by Gasteiger charge is -2.22. The second-order valence-electron chi connectivity index (χ2n) is 8.44. The SMILES string of the molecule is Fc1cc(Br)c2[nH]cc(CCN(Cc3ccccc3)C3CC3)c2c1OCc1ccccc1. The minimum absolute atomic E-state index is 0.323. The maximum Gasteiger partial charge on any atom is 0.167 e. The molecule has 3 nitrogen and oxygen atoms in total. The van der Waals surface area contributed by atoms with Crippen LogP contribution in [0.25, 0.3) is 10.9 Å². The van der Waals surface area contributed by atoms with Gasteiger partial charge in [0.15, 0.2) is 11.6 Å². The van der Waals surface area contributed by atoms with Gasteiger partial charge in [0.2, 0.25) is 0 Å². The molecule has 3 aromatic carbocycles. The van der Waals surface area contributed by atoms with Crippen LogP contribution in [0.1, 0.15) is 29.5 Å². The predicted molar refractivity (Wildman–Crippen MR) is 130 cm³/mol. The second kappa shape index (κ2) is 9.47. The number of hydrogen-bond donors (Lipinski definition) is 1. The lowest BCUT2D eigenvalue weighted by atomic mass is 10.1. The quantitative estimate of drug-likeness (QED) is 0.276. The molecular weight excluding hydrogens is 467 g/mol. The van der Waals surface area contributed by atoms with Gasteiger partial charge in [0, 0.05) is 35.2 Å². The largest absolute Gasteiger partial charge is 0.485 e. The van der Waals surface area contributed by atoms with Crippen LogP contribution in [0, 0.1) is 5.82 Å². The fourth-order valence-electron chi connectivity index (χ4n) is 4.26. The average Bonchev–Trinajstić information content (AvgIpc) is 3.57. The monoisotopic (exact) mass is 492 g/mol. The van der Waals surface area contributed by atoms with E-state index >= 15 is 0 Å². The molecule has 1 saturated carbocycles. The topological polar surface area (TPSA) is 28.3 Å². The van der Waals surface area contributed by atoms with Gasteiger partial charge in [-0.1, -0.05) is 60.7 Å². The van der Waals surface area contributed by atoms with Gasteiger partial charge in [-0.05, 0) is 57.9 Å². The van der Waals surface area contributed by atoms with Crippen molar-refractivity contribution in [3.8, 4) is 5.75 Å². The second-order valence-corrected chi connectivity index (χ2v) is 9.30. The number of H-pyrrole nitrogens is 1. The summed E-state index contributed by atoms with van der Waals surface area (Å²) >= 11 is 3.51. The number of nitrogens with zero attached hydrogens (tertiary/aromatic N) is 1. The van der Waals surface area contributed by atoms with Crippen LogP contribution in [0.4, 0.5) is 4.39 Å². The van der Waals surface area contributed by atoms with Crippen LogP contribution in [-0.2, 0) is 19.6 Å². The summed E-state index contributed by atoms with van der Waals surface area (Å²) in [6.07, 6.45) is 5.34. The first kappa shape index (κ1) is 21.2. The van der Waals surface area contributed by atoms with Gasteiger partial charge in [-0.25, -0.2) is 4.39 Å². The van der Waals surface area contributed by atoms with Crippen LogP contribution in [0.2, 0.25) is 0 Å². The molecular formula is C27H26BrFN2O. The molecule has 4 aromatic rings. The minimum atomic E-state index is -0.343. The normalized spacial score (nSPS) is 13.7. The fraction of sp³-hybridized carbons (Fsp3) is 0.259. The Morgan fingerprint density at radius 2 is 1.69 bits per heavy atom. The summed E-state index contributed by atoms with van der Waals surface area (Å²) < 4.78 is 21.7. The predicted octanol–water partition coefficient (Wildman–Crippen LogP) is 6.86. The maximum absolute atomic E-state index is 15.0. The third-order valence-electron chi connectivity index (χ3n) is 6.08. The number of benzene rings is 3. The van der Waals surface area contributed by atoms with Crippen LogP contribution in [0.3, 0.4) is 0 Å². The van der Waals surface area contributed by atoms with E-state index < -0.39 is 0 Å². The summed E-state index contributed by atoms with van der Waals surface area (Å²) in [5.41, 5.74) is 4.31. The van der Waals surface area contributed by atoms with Crippen molar-refractivity contribution in [3.05, 3.63) is 99.9 Å². The number of halogens is 2. The van der Waals surface area contributed by atoms with Gasteiger partial charge in [-0.3, -0.25) is 4.90 Å². The molecule has 5 heteroatoms. The van der Waals surface area contributed by atoms with Crippen molar-refractivity contribution in [2.24, 2.45) is 0 Å². The Labute approximate surface area is 196 Å². The first-order valence-corrected chi connectivity index (χ1v) is 11.9. The van der Waals surface area contributed by atoms with E-state index in [1.165, 1.54) is 24.5 Å². The number of hydrogen-bond acceptors (Lipinski definition) is 2. The standard InChI is InChI=1S/C27H26BrFN2O/c28-23-15-24(29)27(32-18-20-9-5-2-6-10-20)25-21(16-30-26(23)25)13-14-31(22-11-12-22)17-19-7-3-1-4-8-19/h1-10,15-16,22,30H,11-14,17-18H2. The Morgan fingerprint density at radius 3 is 2.38 bits per heavy atom. The van der Waals surface area contributed by atoms with E-state index in [-0.39, 0.29) is 5.82 Å². The number of aromatic nitrogens is 1. The molecule has 1 aliphatic rings. The molecule has 164 valence electrons. The Balaban J connectivity index is 1.38. The summed E-state index contributed by atoms with van der Waals surface area (Å²) in [4.78, 5) is 5.88. The van der Waals surface area contributed by atoms with E-state index in [9.17, 15) is 4.39 Å². The first-order chi connectivity index (χ1) is 15.7. The van der Waals surface area contributed by atoms with E-state index in [0.29, 0.717) is 22.9 Å². The summed E-state index contributed by atoms with van der Waals surface area (Å²) in [6, 6.07) is 22.6. The number of nitrogens with one attached hydrogen (secondary N) is 1.